The predicted octanol–water partition coefficient (Wildman–Crippen LogP) is 1.34. The molecule has 2 N–H and O–H groups in total. The summed E-state index contributed by atoms with van der Waals surface area (Å²) in [5.41, 5.74) is 0.469. The molecule has 2 aromatic rings. The van der Waals surface area contributed by atoms with Crippen LogP contribution in [0.1, 0.15) is 36.4 Å². The maximum Gasteiger partial charge on any atom is 0.291 e. The number of hydrogen-bond donors (Lipinski definition) is 2. The van der Waals surface area contributed by atoms with E-state index in [0.29, 0.717) is 11.3 Å². The Hall–Kier alpha value is -3.55. The van der Waals surface area contributed by atoms with Crippen LogP contribution in [0.4, 0.5) is 0 Å². The van der Waals surface area contributed by atoms with Crippen molar-refractivity contribution < 1.29 is 28.6 Å². The third-order valence-electron chi connectivity index (χ3n) is 3.96. The third kappa shape index (κ3) is 6.53. The number of aliphatic carboxylic acids is 1. The van der Waals surface area contributed by atoms with Gasteiger partial charge >= 0.3 is 0 Å². The van der Waals surface area contributed by atoms with Crippen LogP contribution < -0.4 is 20.5 Å². The lowest BCUT2D eigenvalue weighted by molar-refractivity contribution is -0.308. The van der Waals surface area contributed by atoms with E-state index in [-0.39, 0.29) is 23.8 Å². The number of carboxylic acids is 1. The van der Waals surface area contributed by atoms with Crippen molar-refractivity contribution in [3.63, 3.8) is 0 Å². The fraction of sp³-hybridized carbons (Fsp3) is 0.286. The molecule has 0 aliphatic carbocycles. The van der Waals surface area contributed by atoms with Crippen molar-refractivity contribution in [2.75, 3.05) is 7.11 Å². The highest BCUT2D eigenvalue weighted by atomic mass is 16.5. The number of carbonyl (C=O) groups excluding carboxylic acids is 3. The maximum atomic E-state index is 12.7. The molecule has 0 spiro atoms. The normalized spacial score (nSPS) is 12.3. The highest BCUT2D eigenvalue weighted by Gasteiger charge is 2.21. The molecule has 0 aliphatic heterocycles. The zero-order chi connectivity index (χ0) is 21.4. The van der Waals surface area contributed by atoms with Crippen LogP contribution in [0.3, 0.4) is 0 Å². The second-order valence-electron chi connectivity index (χ2n) is 6.74. The van der Waals surface area contributed by atoms with Gasteiger partial charge in [-0.25, -0.2) is 0 Å². The largest absolute Gasteiger partial charge is 0.548 e. The molecule has 1 atom stereocenters. The SMILES string of the molecule is COc1ccc(/C=C(\NC(=O)c2ccco2)C(=O)N[C@@H](CC(C)C)C(=O)[O-])cc1. The van der Waals surface area contributed by atoms with Gasteiger partial charge in [-0.05, 0) is 48.2 Å². The second-order valence-corrected chi connectivity index (χ2v) is 6.74. The van der Waals surface area contributed by atoms with Crippen molar-refractivity contribution in [2.45, 2.75) is 26.3 Å². The molecule has 1 aromatic heterocycles. The van der Waals surface area contributed by atoms with Gasteiger partial charge in [-0.15, -0.1) is 0 Å². The summed E-state index contributed by atoms with van der Waals surface area (Å²) in [6, 6.07) is 8.56. The number of furan rings is 1. The van der Waals surface area contributed by atoms with E-state index in [1.165, 1.54) is 31.6 Å². The predicted molar refractivity (Wildman–Crippen MR) is 104 cm³/mol. The van der Waals surface area contributed by atoms with Crippen LogP contribution in [-0.2, 0) is 9.59 Å². The van der Waals surface area contributed by atoms with Gasteiger partial charge in [0.05, 0.1) is 25.4 Å². The fourth-order valence-electron chi connectivity index (χ4n) is 2.54. The van der Waals surface area contributed by atoms with Crippen molar-refractivity contribution in [3.05, 3.63) is 59.7 Å². The second kappa shape index (κ2) is 10.1. The summed E-state index contributed by atoms with van der Waals surface area (Å²) in [6.45, 7) is 3.66. The standard InChI is InChI=1S/C21H24N2O6/c1-13(2)11-17(21(26)27)23-19(24)16(22-20(25)18-5-4-10-29-18)12-14-6-8-15(28-3)9-7-14/h4-10,12-13,17H,11H2,1-3H3,(H,22,25)(H,23,24)(H,26,27)/p-1/b16-12-/t17-/m0/s1. The Morgan fingerprint density at radius 3 is 2.38 bits per heavy atom. The Kier molecular flexibility index (Phi) is 7.59. The van der Waals surface area contributed by atoms with Gasteiger partial charge in [0.25, 0.3) is 11.8 Å². The summed E-state index contributed by atoms with van der Waals surface area (Å²) in [5, 5.41) is 16.2. The highest BCUT2D eigenvalue weighted by molar-refractivity contribution is 6.05. The van der Waals surface area contributed by atoms with E-state index in [4.69, 9.17) is 9.15 Å². The molecule has 0 aliphatic rings. The van der Waals surface area contributed by atoms with E-state index >= 15 is 0 Å². The van der Waals surface area contributed by atoms with Crippen LogP contribution in [0.2, 0.25) is 0 Å². The van der Waals surface area contributed by atoms with Gasteiger partial charge in [0.15, 0.2) is 5.76 Å². The summed E-state index contributed by atoms with van der Waals surface area (Å²) in [7, 11) is 1.53. The van der Waals surface area contributed by atoms with Crippen LogP contribution in [0, 0.1) is 5.92 Å². The zero-order valence-electron chi connectivity index (χ0n) is 16.4. The smallest absolute Gasteiger partial charge is 0.291 e. The first kappa shape index (κ1) is 21.7. The molecule has 2 amide bonds. The van der Waals surface area contributed by atoms with E-state index in [1.807, 2.05) is 13.8 Å². The first-order chi connectivity index (χ1) is 13.8. The Bertz CT molecular complexity index is 869. The van der Waals surface area contributed by atoms with Crippen molar-refractivity contribution >= 4 is 23.9 Å². The van der Waals surface area contributed by atoms with E-state index in [0.717, 1.165) is 0 Å². The van der Waals surface area contributed by atoms with E-state index in [2.05, 4.69) is 10.6 Å². The molecule has 0 bridgehead atoms. The topological polar surface area (TPSA) is 121 Å². The van der Waals surface area contributed by atoms with E-state index in [9.17, 15) is 19.5 Å². The number of benzene rings is 1. The van der Waals surface area contributed by atoms with Gasteiger partial charge in [-0.3, -0.25) is 9.59 Å². The molecule has 0 saturated carbocycles. The number of rotatable bonds is 9. The van der Waals surface area contributed by atoms with Crippen molar-refractivity contribution in [3.8, 4) is 5.75 Å². The summed E-state index contributed by atoms with van der Waals surface area (Å²) < 4.78 is 10.1. The maximum absolute atomic E-state index is 12.7. The summed E-state index contributed by atoms with van der Waals surface area (Å²) in [6.07, 6.45) is 2.95. The lowest BCUT2D eigenvalue weighted by Gasteiger charge is -2.22. The number of ether oxygens (including phenoxy) is 1. The van der Waals surface area contributed by atoms with Crippen molar-refractivity contribution in [1.29, 1.82) is 0 Å². The van der Waals surface area contributed by atoms with Gasteiger partial charge < -0.3 is 29.7 Å². The summed E-state index contributed by atoms with van der Waals surface area (Å²) in [4.78, 5) is 36.4. The number of methoxy groups -OCH3 is 1. The zero-order valence-corrected chi connectivity index (χ0v) is 16.4. The number of carbonyl (C=O) groups is 3. The molecule has 1 heterocycles. The first-order valence-electron chi connectivity index (χ1n) is 9.02. The Labute approximate surface area is 168 Å². The lowest BCUT2D eigenvalue weighted by atomic mass is 10.0. The molecular formula is C21H23N2O6-. The number of nitrogens with one attached hydrogen (secondary N) is 2. The molecule has 0 radical (unpaired) electrons. The molecule has 1 aromatic carbocycles. The fourth-order valence-corrected chi connectivity index (χ4v) is 2.54. The molecule has 0 fully saturated rings. The molecule has 29 heavy (non-hydrogen) atoms. The van der Waals surface area contributed by atoms with Gasteiger partial charge in [-0.2, -0.15) is 0 Å². The van der Waals surface area contributed by atoms with Gasteiger partial charge in [0.1, 0.15) is 11.4 Å². The van der Waals surface area contributed by atoms with Crippen LogP contribution in [-0.4, -0.2) is 30.9 Å². The lowest BCUT2D eigenvalue weighted by Crippen LogP contribution is -2.50. The van der Waals surface area contributed by atoms with Crippen LogP contribution in [0.15, 0.2) is 52.8 Å². The summed E-state index contributed by atoms with van der Waals surface area (Å²) >= 11 is 0. The van der Waals surface area contributed by atoms with Crippen LogP contribution >= 0.6 is 0 Å². The molecule has 8 heteroatoms. The molecule has 8 nitrogen and oxygen atoms in total. The Balaban J connectivity index is 2.28. The third-order valence-corrected chi connectivity index (χ3v) is 3.96. The first-order valence-corrected chi connectivity index (χ1v) is 9.02. The van der Waals surface area contributed by atoms with Crippen molar-refractivity contribution in [2.24, 2.45) is 5.92 Å². The average molecular weight is 399 g/mol. The van der Waals surface area contributed by atoms with Crippen LogP contribution in [0.5, 0.6) is 5.75 Å². The van der Waals surface area contributed by atoms with Crippen LogP contribution in [0.25, 0.3) is 6.08 Å². The minimum atomic E-state index is -1.40. The Morgan fingerprint density at radius 1 is 1.17 bits per heavy atom. The molecular weight excluding hydrogens is 376 g/mol. The van der Waals surface area contributed by atoms with Crippen molar-refractivity contribution in [1.82, 2.24) is 10.6 Å². The van der Waals surface area contributed by atoms with E-state index in [1.54, 1.807) is 24.3 Å². The van der Waals surface area contributed by atoms with Gasteiger partial charge in [0, 0.05) is 0 Å². The number of hydrogen-bond acceptors (Lipinski definition) is 6. The van der Waals surface area contributed by atoms with Gasteiger partial charge in [0.2, 0.25) is 0 Å². The monoisotopic (exact) mass is 399 g/mol. The number of amides is 2. The molecule has 0 unspecified atom stereocenters. The Morgan fingerprint density at radius 2 is 1.86 bits per heavy atom. The molecule has 2 rings (SSSR count). The summed E-state index contributed by atoms with van der Waals surface area (Å²) in [5.74, 6) is -2.13. The molecule has 154 valence electrons. The minimum absolute atomic E-state index is 0.0112. The quantitative estimate of drug-likeness (QED) is 0.614. The number of carboxylic acid groups (broad SMARTS) is 1. The average Bonchev–Trinajstić information content (AvgIpc) is 3.22. The molecule has 0 saturated heterocycles. The minimum Gasteiger partial charge on any atom is -0.548 e. The van der Waals surface area contributed by atoms with E-state index < -0.39 is 23.8 Å². The highest BCUT2D eigenvalue weighted by Crippen LogP contribution is 2.14. The van der Waals surface area contributed by atoms with Gasteiger partial charge in [-0.1, -0.05) is 26.0 Å².